The molecule has 64 valence electrons. The van der Waals surface area contributed by atoms with Crippen LogP contribution in [-0.2, 0) is 0 Å². The van der Waals surface area contributed by atoms with Crippen LogP contribution in [0.4, 0.5) is 4.79 Å². The van der Waals surface area contributed by atoms with E-state index in [-0.39, 0.29) is 11.3 Å². The van der Waals surface area contributed by atoms with Crippen molar-refractivity contribution < 1.29 is 9.90 Å². The molecule has 5 heteroatoms. The van der Waals surface area contributed by atoms with E-state index in [0.717, 1.165) is 0 Å². The molecule has 0 bridgehead atoms. The molecule has 0 aromatic carbocycles. The molecule has 1 N–H and O–H groups in total. The minimum Gasteiger partial charge on any atom is -0.465 e. The summed E-state index contributed by atoms with van der Waals surface area (Å²) in [5.74, 6) is 0. The van der Waals surface area contributed by atoms with Crippen LogP contribution < -0.4 is 0 Å². The van der Waals surface area contributed by atoms with Gasteiger partial charge >= 0.3 is 6.09 Å². The van der Waals surface area contributed by atoms with Crippen LogP contribution in [0.3, 0.4) is 0 Å². The van der Waals surface area contributed by atoms with Gasteiger partial charge in [0, 0.05) is 12.7 Å². The lowest BCUT2D eigenvalue weighted by molar-refractivity contribution is 0.161. The van der Waals surface area contributed by atoms with E-state index in [2.05, 4.69) is 4.99 Å². The first kappa shape index (κ1) is 7.67. The van der Waals surface area contributed by atoms with Gasteiger partial charge in [0.05, 0.1) is 16.8 Å². The highest BCUT2D eigenvalue weighted by molar-refractivity contribution is 8.13. The Hall–Kier alpha value is -0.970. The normalized spacial score (nSPS) is 32.2. The van der Waals surface area contributed by atoms with E-state index in [9.17, 15) is 4.79 Å². The summed E-state index contributed by atoms with van der Waals surface area (Å²) in [7, 11) is 0. The van der Waals surface area contributed by atoms with Crippen LogP contribution >= 0.6 is 11.8 Å². The van der Waals surface area contributed by atoms with E-state index in [1.54, 1.807) is 23.5 Å². The number of hydrogen-bond acceptors (Lipinski definition) is 3. The van der Waals surface area contributed by atoms with Gasteiger partial charge in [-0.05, 0) is 6.08 Å². The fourth-order valence-corrected chi connectivity index (χ4v) is 2.21. The lowest BCUT2D eigenvalue weighted by Crippen LogP contribution is -2.38. The molecule has 4 nitrogen and oxygen atoms in total. The third kappa shape index (κ3) is 1.20. The molecule has 2 aliphatic heterocycles. The first-order valence-electron chi connectivity index (χ1n) is 3.62. The van der Waals surface area contributed by atoms with Crippen LogP contribution in [0.1, 0.15) is 0 Å². The average molecular weight is 184 g/mol. The maximum atomic E-state index is 10.6. The summed E-state index contributed by atoms with van der Waals surface area (Å²) in [4.78, 5) is 16.0. The second-order valence-corrected chi connectivity index (χ2v) is 3.78. The molecule has 0 radical (unpaired) electrons. The van der Waals surface area contributed by atoms with Gasteiger partial charge < -0.3 is 5.11 Å². The molecule has 12 heavy (non-hydrogen) atoms. The largest absolute Gasteiger partial charge is 0.465 e. The Morgan fingerprint density at radius 1 is 1.75 bits per heavy atom. The van der Waals surface area contributed by atoms with Gasteiger partial charge in [-0.15, -0.1) is 11.8 Å². The van der Waals surface area contributed by atoms with E-state index >= 15 is 0 Å². The average Bonchev–Trinajstić information content (AvgIpc) is 2.49. The van der Waals surface area contributed by atoms with Gasteiger partial charge in [0.15, 0.2) is 0 Å². The zero-order chi connectivity index (χ0) is 8.55. The summed E-state index contributed by atoms with van der Waals surface area (Å²) in [6, 6.07) is 0.186. The molecule has 0 aliphatic carbocycles. The fraction of sp³-hybridized carbons (Fsp3) is 0.429. The van der Waals surface area contributed by atoms with E-state index < -0.39 is 6.09 Å². The summed E-state index contributed by atoms with van der Waals surface area (Å²) >= 11 is 1.60. The molecule has 2 unspecified atom stereocenters. The Bertz CT molecular complexity index is 264. The zero-order valence-corrected chi connectivity index (χ0v) is 7.07. The van der Waals surface area contributed by atoms with E-state index in [1.165, 1.54) is 4.90 Å². The van der Waals surface area contributed by atoms with Crippen LogP contribution in [0.2, 0.25) is 0 Å². The summed E-state index contributed by atoms with van der Waals surface area (Å²) in [6.07, 6.45) is 2.53. The second-order valence-electron chi connectivity index (χ2n) is 2.70. The minimum absolute atomic E-state index is 0.186. The van der Waals surface area contributed by atoms with Crippen molar-refractivity contribution in [1.82, 2.24) is 4.90 Å². The highest BCUT2D eigenvalue weighted by Gasteiger charge is 2.29. The number of nitrogens with zero attached hydrogens (tertiary/aromatic N) is 2. The maximum Gasteiger partial charge on any atom is 0.411 e. The lowest BCUT2D eigenvalue weighted by Gasteiger charge is -2.25. The molecule has 2 heterocycles. The Morgan fingerprint density at radius 2 is 2.58 bits per heavy atom. The Labute approximate surface area is 74.0 Å². The third-order valence-corrected chi connectivity index (χ3v) is 2.96. The first-order chi connectivity index (χ1) is 5.77. The third-order valence-electron chi connectivity index (χ3n) is 1.94. The van der Waals surface area contributed by atoms with Crippen molar-refractivity contribution in [2.24, 2.45) is 4.99 Å². The van der Waals surface area contributed by atoms with Gasteiger partial charge in [-0.3, -0.25) is 9.89 Å². The smallest absolute Gasteiger partial charge is 0.411 e. The minimum atomic E-state index is -0.891. The van der Waals surface area contributed by atoms with Gasteiger partial charge in [-0.2, -0.15) is 0 Å². The number of hydrogen-bond donors (Lipinski definition) is 1. The Morgan fingerprint density at radius 3 is 3.33 bits per heavy atom. The lowest BCUT2D eigenvalue weighted by atomic mass is 10.1. The number of carboxylic acid groups (broad SMARTS) is 1. The summed E-state index contributed by atoms with van der Waals surface area (Å²) in [5, 5.41) is 8.97. The monoisotopic (exact) mass is 184 g/mol. The summed E-state index contributed by atoms with van der Waals surface area (Å²) in [6.45, 7) is 0.543. The molecular formula is C7H8N2O2S. The molecule has 0 saturated carbocycles. The molecule has 2 aliphatic rings. The molecule has 0 aromatic heterocycles. The predicted molar refractivity (Wildman–Crippen MR) is 47.5 cm³/mol. The standard InChI is InChI=1S/C7H8N2O2S/c10-7(11)9-2-1-5-6(3-9)12-4-8-5/h1-2,4-6H,3H2,(H,10,11). The van der Waals surface area contributed by atoms with Crippen LogP contribution in [0.5, 0.6) is 0 Å². The number of fused-ring (bicyclic) bond motifs is 1. The first-order valence-corrected chi connectivity index (χ1v) is 4.56. The topological polar surface area (TPSA) is 52.9 Å². The number of thioether (sulfide) groups is 1. The van der Waals surface area contributed by atoms with Crippen LogP contribution in [0.15, 0.2) is 17.3 Å². The SMILES string of the molecule is O=C(O)N1C=CC2N=CSC2C1. The molecule has 0 aromatic rings. The fourth-order valence-electron chi connectivity index (χ4n) is 1.27. The van der Waals surface area contributed by atoms with Crippen LogP contribution in [0.25, 0.3) is 0 Å². The predicted octanol–water partition coefficient (Wildman–Crippen LogP) is 1.01. The quantitative estimate of drug-likeness (QED) is 0.611. The van der Waals surface area contributed by atoms with Crippen molar-refractivity contribution in [2.45, 2.75) is 11.3 Å². The number of carbonyl (C=O) groups is 1. The highest BCUT2D eigenvalue weighted by atomic mass is 32.2. The van der Waals surface area contributed by atoms with Crippen molar-refractivity contribution in [3.63, 3.8) is 0 Å². The van der Waals surface area contributed by atoms with Gasteiger partial charge in [-0.1, -0.05) is 0 Å². The Kier molecular flexibility index (Phi) is 1.80. The van der Waals surface area contributed by atoms with Crippen molar-refractivity contribution in [1.29, 1.82) is 0 Å². The molecule has 1 amide bonds. The van der Waals surface area contributed by atoms with Gasteiger partial charge in [0.2, 0.25) is 0 Å². The molecular weight excluding hydrogens is 176 g/mol. The van der Waals surface area contributed by atoms with Gasteiger partial charge in [-0.25, -0.2) is 4.79 Å². The highest BCUT2D eigenvalue weighted by Crippen LogP contribution is 2.26. The molecule has 2 atom stereocenters. The van der Waals surface area contributed by atoms with Crippen LogP contribution in [0, 0.1) is 0 Å². The number of aliphatic imine (C=N–C) groups is 1. The maximum absolute atomic E-state index is 10.6. The number of amides is 1. The van der Waals surface area contributed by atoms with E-state index in [4.69, 9.17) is 5.11 Å². The van der Waals surface area contributed by atoms with Crippen LogP contribution in [-0.4, -0.2) is 39.5 Å². The Balaban J connectivity index is 2.11. The van der Waals surface area contributed by atoms with Gasteiger partial charge in [0.1, 0.15) is 0 Å². The van der Waals surface area contributed by atoms with Crippen molar-refractivity contribution in [3.05, 3.63) is 12.3 Å². The molecule has 0 saturated heterocycles. The van der Waals surface area contributed by atoms with Crippen molar-refractivity contribution >= 4 is 23.4 Å². The zero-order valence-electron chi connectivity index (χ0n) is 6.25. The second kappa shape index (κ2) is 2.82. The summed E-state index contributed by atoms with van der Waals surface area (Å²) < 4.78 is 0. The number of rotatable bonds is 0. The molecule has 2 rings (SSSR count). The summed E-state index contributed by atoms with van der Waals surface area (Å²) in [5.41, 5.74) is 1.80. The van der Waals surface area contributed by atoms with Crippen molar-refractivity contribution in [2.75, 3.05) is 6.54 Å². The van der Waals surface area contributed by atoms with Crippen molar-refractivity contribution in [3.8, 4) is 0 Å². The van der Waals surface area contributed by atoms with Gasteiger partial charge in [0.25, 0.3) is 0 Å². The van der Waals surface area contributed by atoms with E-state index in [0.29, 0.717) is 6.54 Å². The van der Waals surface area contributed by atoms with E-state index in [1.807, 2.05) is 6.08 Å². The molecule has 0 spiro atoms. The molecule has 0 fully saturated rings.